The van der Waals surface area contributed by atoms with Crippen molar-refractivity contribution >= 4 is 5.96 Å². The Morgan fingerprint density at radius 1 is 1.19 bits per heavy atom. The monoisotopic (exact) mass is 233 g/mol. The third-order valence-corrected chi connectivity index (χ3v) is 2.77. The summed E-state index contributed by atoms with van der Waals surface area (Å²) in [7, 11) is 7.71. The molecule has 0 aromatic carbocycles. The molecule has 0 N–H and O–H groups in total. The molecule has 5 heteroatoms. The summed E-state index contributed by atoms with van der Waals surface area (Å²) in [5, 5.41) is 0. The van der Waals surface area contributed by atoms with Crippen molar-refractivity contribution in [2.24, 2.45) is 10.9 Å². The van der Waals surface area contributed by atoms with Gasteiger partial charge in [-0.2, -0.15) is 0 Å². The van der Waals surface area contributed by atoms with Crippen LogP contribution in [-0.2, 0) is 0 Å². The predicted molar refractivity (Wildman–Crippen MR) is 62.0 cm³/mol. The topological polar surface area (TPSA) is 18.8 Å². The molecule has 0 unspecified atom stereocenters. The van der Waals surface area contributed by atoms with E-state index in [1.54, 1.807) is 0 Å². The molecule has 0 spiro atoms. The van der Waals surface area contributed by atoms with E-state index in [0.29, 0.717) is 6.54 Å². The van der Waals surface area contributed by atoms with Crippen molar-refractivity contribution in [1.82, 2.24) is 9.80 Å². The summed E-state index contributed by atoms with van der Waals surface area (Å²) in [5.74, 6) is -1.37. The Morgan fingerprint density at radius 3 is 2.06 bits per heavy atom. The predicted octanol–water partition coefficient (Wildman–Crippen LogP) is 1.90. The molecule has 1 fully saturated rings. The summed E-state index contributed by atoms with van der Waals surface area (Å²) < 4.78 is 25.2. The molecule has 0 aromatic heterocycles. The minimum Gasteiger partial charge on any atom is -0.349 e. The molecule has 0 amide bonds. The summed E-state index contributed by atoms with van der Waals surface area (Å²) in [5.41, 5.74) is 0. The molecular formula is C11H21F2N3. The highest BCUT2D eigenvalue weighted by molar-refractivity contribution is 5.79. The number of hydrogen-bond donors (Lipinski definition) is 0. The second-order valence-corrected chi connectivity index (χ2v) is 4.89. The maximum Gasteiger partial charge on any atom is 0.248 e. The van der Waals surface area contributed by atoms with Gasteiger partial charge in [-0.15, -0.1) is 0 Å². The second-order valence-electron chi connectivity index (χ2n) is 4.89. The SMILES string of the molecule is CN(C)C(=NCCC1CC(F)(F)C1)N(C)C. The number of aliphatic imine (C=N–C) groups is 1. The van der Waals surface area contributed by atoms with E-state index < -0.39 is 5.92 Å². The Labute approximate surface area is 96.1 Å². The van der Waals surface area contributed by atoms with Gasteiger partial charge in [-0.1, -0.05) is 0 Å². The van der Waals surface area contributed by atoms with E-state index in [4.69, 9.17) is 0 Å². The van der Waals surface area contributed by atoms with Gasteiger partial charge in [0.05, 0.1) is 0 Å². The Bertz CT molecular complexity index is 244. The molecule has 0 bridgehead atoms. The molecule has 1 saturated carbocycles. The molecule has 0 heterocycles. The van der Waals surface area contributed by atoms with E-state index in [1.807, 2.05) is 38.0 Å². The van der Waals surface area contributed by atoms with E-state index in [1.165, 1.54) is 0 Å². The van der Waals surface area contributed by atoms with Gasteiger partial charge in [0.15, 0.2) is 5.96 Å². The Hall–Kier alpha value is -0.870. The zero-order valence-electron chi connectivity index (χ0n) is 10.5. The van der Waals surface area contributed by atoms with Gasteiger partial charge in [0.25, 0.3) is 0 Å². The maximum absolute atomic E-state index is 12.6. The molecule has 0 aromatic rings. The molecule has 0 atom stereocenters. The first kappa shape index (κ1) is 13.2. The molecule has 1 rings (SSSR count). The molecule has 0 saturated heterocycles. The number of alkyl halides is 2. The first-order valence-electron chi connectivity index (χ1n) is 5.59. The molecule has 1 aliphatic rings. The summed E-state index contributed by atoms with van der Waals surface area (Å²) in [6, 6.07) is 0. The lowest BCUT2D eigenvalue weighted by atomic mass is 9.79. The first-order valence-corrected chi connectivity index (χ1v) is 5.59. The lowest BCUT2D eigenvalue weighted by molar-refractivity contribution is -0.111. The van der Waals surface area contributed by atoms with E-state index in [0.717, 1.165) is 12.4 Å². The number of hydrogen-bond acceptors (Lipinski definition) is 1. The van der Waals surface area contributed by atoms with Crippen LogP contribution < -0.4 is 0 Å². The van der Waals surface area contributed by atoms with Crippen molar-refractivity contribution in [3.8, 4) is 0 Å². The number of guanidine groups is 1. The zero-order valence-corrected chi connectivity index (χ0v) is 10.5. The number of halogens is 2. The van der Waals surface area contributed by atoms with Gasteiger partial charge in [0, 0.05) is 47.6 Å². The van der Waals surface area contributed by atoms with Crippen LogP contribution >= 0.6 is 0 Å². The summed E-state index contributed by atoms with van der Waals surface area (Å²) >= 11 is 0. The third kappa shape index (κ3) is 3.61. The Kier molecular flexibility index (Phi) is 4.10. The molecule has 0 aliphatic heterocycles. The standard InChI is InChI=1S/C11H21F2N3/c1-15(2)10(16(3)4)14-6-5-9-7-11(12,13)8-9/h9H,5-8H2,1-4H3. The zero-order chi connectivity index (χ0) is 12.3. The van der Waals surface area contributed by atoms with E-state index in [9.17, 15) is 8.78 Å². The first-order chi connectivity index (χ1) is 7.32. The van der Waals surface area contributed by atoms with Gasteiger partial charge in [-0.05, 0) is 12.3 Å². The van der Waals surface area contributed by atoms with Crippen LogP contribution in [0.5, 0.6) is 0 Å². The number of nitrogens with zero attached hydrogens (tertiary/aromatic N) is 3. The second kappa shape index (κ2) is 4.97. The van der Waals surface area contributed by atoms with Crippen LogP contribution in [0, 0.1) is 5.92 Å². The smallest absolute Gasteiger partial charge is 0.248 e. The fraction of sp³-hybridized carbons (Fsp3) is 0.909. The maximum atomic E-state index is 12.6. The largest absolute Gasteiger partial charge is 0.349 e. The molecule has 94 valence electrons. The van der Waals surface area contributed by atoms with Crippen LogP contribution in [0.25, 0.3) is 0 Å². The van der Waals surface area contributed by atoms with Crippen LogP contribution in [0.1, 0.15) is 19.3 Å². The average Bonchev–Trinajstić information content (AvgIpc) is 2.07. The minimum atomic E-state index is -2.40. The van der Waals surface area contributed by atoms with E-state index in [2.05, 4.69) is 4.99 Å². The third-order valence-electron chi connectivity index (χ3n) is 2.77. The van der Waals surface area contributed by atoms with Crippen LogP contribution in [0.2, 0.25) is 0 Å². The highest BCUT2D eigenvalue weighted by Gasteiger charge is 2.44. The normalized spacial score (nSPS) is 18.9. The molecule has 0 radical (unpaired) electrons. The van der Waals surface area contributed by atoms with Crippen LogP contribution in [0.4, 0.5) is 8.78 Å². The van der Waals surface area contributed by atoms with Crippen LogP contribution in [0.15, 0.2) is 4.99 Å². The van der Waals surface area contributed by atoms with Gasteiger partial charge in [0.1, 0.15) is 0 Å². The van der Waals surface area contributed by atoms with Gasteiger partial charge < -0.3 is 9.80 Å². The van der Waals surface area contributed by atoms with Crippen LogP contribution in [0.3, 0.4) is 0 Å². The van der Waals surface area contributed by atoms with Gasteiger partial charge in [-0.3, -0.25) is 4.99 Å². The van der Waals surface area contributed by atoms with Crippen molar-refractivity contribution < 1.29 is 8.78 Å². The lowest BCUT2D eigenvalue weighted by Gasteiger charge is -2.34. The summed E-state index contributed by atoms with van der Waals surface area (Å²) in [4.78, 5) is 8.27. The van der Waals surface area contributed by atoms with Crippen LogP contribution in [-0.4, -0.2) is 56.4 Å². The molecule has 3 nitrogen and oxygen atoms in total. The Morgan fingerprint density at radius 2 is 1.69 bits per heavy atom. The van der Waals surface area contributed by atoms with Crippen molar-refractivity contribution in [3.05, 3.63) is 0 Å². The summed E-state index contributed by atoms with van der Waals surface area (Å²) in [6.07, 6.45) is 0.852. The van der Waals surface area contributed by atoms with Crippen molar-refractivity contribution in [1.29, 1.82) is 0 Å². The van der Waals surface area contributed by atoms with E-state index in [-0.39, 0.29) is 18.8 Å². The van der Waals surface area contributed by atoms with Crippen molar-refractivity contribution in [3.63, 3.8) is 0 Å². The number of rotatable bonds is 3. The van der Waals surface area contributed by atoms with Gasteiger partial charge in [0.2, 0.25) is 5.92 Å². The Balaban J connectivity index is 2.30. The van der Waals surface area contributed by atoms with Gasteiger partial charge >= 0.3 is 0 Å². The van der Waals surface area contributed by atoms with Crippen molar-refractivity contribution in [2.75, 3.05) is 34.7 Å². The molecular weight excluding hydrogens is 212 g/mol. The molecule has 1 aliphatic carbocycles. The highest BCUT2D eigenvalue weighted by atomic mass is 19.3. The van der Waals surface area contributed by atoms with E-state index >= 15 is 0 Å². The molecule has 16 heavy (non-hydrogen) atoms. The van der Waals surface area contributed by atoms with Crippen molar-refractivity contribution in [2.45, 2.75) is 25.2 Å². The minimum absolute atomic E-state index is 0.0434. The quantitative estimate of drug-likeness (QED) is 0.547. The highest BCUT2D eigenvalue weighted by Crippen LogP contribution is 2.43. The average molecular weight is 233 g/mol. The lowest BCUT2D eigenvalue weighted by Crippen LogP contribution is -2.37. The fourth-order valence-corrected chi connectivity index (χ4v) is 2.02. The fourth-order valence-electron chi connectivity index (χ4n) is 2.02. The summed E-state index contributed by atoms with van der Waals surface area (Å²) in [6.45, 7) is 0.631. The van der Waals surface area contributed by atoms with Gasteiger partial charge in [-0.25, -0.2) is 8.78 Å².